The zero-order valence-electron chi connectivity index (χ0n) is 20.6. The molecule has 3 aromatic rings. The summed E-state index contributed by atoms with van der Waals surface area (Å²) >= 11 is 0. The van der Waals surface area contributed by atoms with Crippen LogP contribution in [0, 0.1) is 17.8 Å². The molecule has 2 N–H and O–H groups in total. The number of nitrogens with one attached hydrogen (secondary N) is 2. The Kier molecular flexibility index (Phi) is 7.89. The molecule has 1 unspecified atom stereocenters. The Labute approximate surface area is 215 Å². The summed E-state index contributed by atoms with van der Waals surface area (Å²) in [7, 11) is 0. The third-order valence-electron chi connectivity index (χ3n) is 7.20. The Morgan fingerprint density at radius 2 is 1.76 bits per heavy atom. The van der Waals surface area contributed by atoms with Gasteiger partial charge in [0.05, 0.1) is 30.0 Å². The van der Waals surface area contributed by atoms with Gasteiger partial charge in [0.25, 0.3) is 5.91 Å². The van der Waals surface area contributed by atoms with E-state index in [4.69, 9.17) is 9.47 Å². The Bertz CT molecular complexity index is 1240. The number of para-hydroxylation sites is 1. The van der Waals surface area contributed by atoms with Gasteiger partial charge in [0.15, 0.2) is 0 Å². The molecule has 1 saturated carbocycles. The van der Waals surface area contributed by atoms with Crippen LogP contribution < -0.4 is 10.6 Å². The zero-order valence-corrected chi connectivity index (χ0v) is 20.6. The summed E-state index contributed by atoms with van der Waals surface area (Å²) in [6.45, 7) is 2.31. The van der Waals surface area contributed by atoms with E-state index in [1.165, 1.54) is 12.3 Å². The highest BCUT2D eigenvalue weighted by Crippen LogP contribution is 2.29. The largest absolute Gasteiger partial charge is 0.444 e. The maximum Gasteiger partial charge on any atom is 0.407 e. The Morgan fingerprint density at radius 1 is 1.00 bits per heavy atom. The number of carbonyl (C=O) groups is 2. The lowest BCUT2D eigenvalue weighted by molar-refractivity contribution is 0.0813. The van der Waals surface area contributed by atoms with Crippen LogP contribution in [0.5, 0.6) is 0 Å². The molecule has 0 spiro atoms. The number of rotatable bonds is 7. The summed E-state index contributed by atoms with van der Waals surface area (Å²) in [5.74, 6) is 0.0801. The van der Waals surface area contributed by atoms with E-state index < -0.39 is 5.95 Å². The van der Waals surface area contributed by atoms with E-state index in [0.717, 1.165) is 37.5 Å². The zero-order chi connectivity index (χ0) is 25.6. The Balaban J connectivity index is 1.14. The van der Waals surface area contributed by atoms with Crippen molar-refractivity contribution in [1.29, 1.82) is 0 Å². The van der Waals surface area contributed by atoms with Crippen LogP contribution in [-0.4, -0.2) is 54.4 Å². The summed E-state index contributed by atoms with van der Waals surface area (Å²) in [4.78, 5) is 33.6. The van der Waals surface area contributed by atoms with Crippen molar-refractivity contribution < 1.29 is 23.5 Å². The Morgan fingerprint density at radius 3 is 2.46 bits per heavy atom. The van der Waals surface area contributed by atoms with Crippen molar-refractivity contribution in [2.45, 2.75) is 38.2 Å². The van der Waals surface area contributed by atoms with Crippen molar-refractivity contribution in [3.63, 3.8) is 0 Å². The first-order valence-corrected chi connectivity index (χ1v) is 12.9. The second-order valence-electron chi connectivity index (χ2n) is 9.81. The highest BCUT2D eigenvalue weighted by Gasteiger charge is 2.24. The molecule has 1 saturated heterocycles. The first kappa shape index (κ1) is 25.1. The number of ether oxygens (including phenoxy) is 2. The number of amides is 2. The molecule has 5 rings (SSSR count). The maximum atomic E-state index is 13.3. The number of benzene rings is 1. The van der Waals surface area contributed by atoms with Gasteiger partial charge in [-0.3, -0.25) is 4.79 Å². The van der Waals surface area contributed by atoms with Crippen molar-refractivity contribution in [2.24, 2.45) is 11.8 Å². The number of halogens is 1. The first-order valence-electron chi connectivity index (χ1n) is 12.9. The summed E-state index contributed by atoms with van der Waals surface area (Å²) < 4.78 is 23.9. The predicted molar refractivity (Wildman–Crippen MR) is 136 cm³/mol. The fourth-order valence-electron chi connectivity index (χ4n) is 5.04. The molecule has 2 aliphatic rings. The molecular formula is C28H31FN4O4. The molecule has 194 valence electrons. The molecular weight excluding hydrogens is 475 g/mol. The molecule has 8 nitrogen and oxygen atoms in total. The van der Waals surface area contributed by atoms with Gasteiger partial charge in [-0.05, 0) is 61.8 Å². The van der Waals surface area contributed by atoms with E-state index in [2.05, 4.69) is 20.6 Å². The minimum atomic E-state index is -0.563. The van der Waals surface area contributed by atoms with Gasteiger partial charge in [0.2, 0.25) is 5.95 Å². The number of nitrogens with zero attached hydrogens (tertiary/aromatic N) is 2. The number of aromatic nitrogens is 2. The van der Waals surface area contributed by atoms with Crippen LogP contribution in [0.2, 0.25) is 0 Å². The molecule has 37 heavy (non-hydrogen) atoms. The van der Waals surface area contributed by atoms with Crippen molar-refractivity contribution in [2.75, 3.05) is 26.3 Å². The average Bonchev–Trinajstić information content (AvgIpc) is 3.44. The summed E-state index contributed by atoms with van der Waals surface area (Å²) in [5.41, 5.74) is 2.45. The molecule has 1 aromatic carbocycles. The normalized spacial score (nSPS) is 21.5. The van der Waals surface area contributed by atoms with E-state index in [-0.39, 0.29) is 18.1 Å². The molecule has 1 aliphatic heterocycles. The predicted octanol–water partition coefficient (Wildman–Crippen LogP) is 4.49. The SMILES string of the molecule is O=C(NCC1CCC(CNC(=O)c2cc(-c3ccc(F)nc3)nc3ccccc23)CC1)OC1CCOC1. The third kappa shape index (κ3) is 6.40. The summed E-state index contributed by atoms with van der Waals surface area (Å²) in [5, 5.41) is 6.77. The van der Waals surface area contributed by atoms with Gasteiger partial charge in [-0.1, -0.05) is 18.2 Å². The van der Waals surface area contributed by atoms with Crippen LogP contribution in [0.3, 0.4) is 0 Å². The van der Waals surface area contributed by atoms with E-state index in [0.29, 0.717) is 60.5 Å². The van der Waals surface area contributed by atoms with E-state index in [1.54, 1.807) is 12.1 Å². The first-order chi connectivity index (χ1) is 18.0. The fraction of sp³-hybridized carbons (Fsp3) is 0.429. The van der Waals surface area contributed by atoms with Crippen molar-refractivity contribution in [3.05, 3.63) is 60.2 Å². The molecule has 3 heterocycles. The minimum absolute atomic E-state index is 0.139. The van der Waals surface area contributed by atoms with Gasteiger partial charge in [-0.2, -0.15) is 4.39 Å². The average molecular weight is 507 g/mol. The number of fused-ring (bicyclic) bond motifs is 1. The maximum absolute atomic E-state index is 13.3. The number of carbonyl (C=O) groups excluding carboxylic acids is 2. The summed E-state index contributed by atoms with van der Waals surface area (Å²) in [6, 6.07) is 12.1. The van der Waals surface area contributed by atoms with Gasteiger partial charge < -0.3 is 20.1 Å². The lowest BCUT2D eigenvalue weighted by Gasteiger charge is -2.28. The molecule has 9 heteroatoms. The van der Waals surface area contributed by atoms with Crippen LogP contribution in [0.25, 0.3) is 22.2 Å². The van der Waals surface area contributed by atoms with Crippen LogP contribution in [0.4, 0.5) is 9.18 Å². The van der Waals surface area contributed by atoms with Crippen LogP contribution in [0.15, 0.2) is 48.7 Å². The lowest BCUT2D eigenvalue weighted by Crippen LogP contribution is -2.36. The van der Waals surface area contributed by atoms with Crippen molar-refractivity contribution >= 4 is 22.9 Å². The summed E-state index contributed by atoms with van der Waals surface area (Å²) in [6.07, 6.45) is 5.63. The quantitative estimate of drug-likeness (QED) is 0.458. The van der Waals surface area contributed by atoms with Gasteiger partial charge in [0, 0.05) is 36.7 Å². The van der Waals surface area contributed by atoms with Crippen molar-refractivity contribution in [3.8, 4) is 11.3 Å². The molecule has 2 amide bonds. The van der Waals surface area contributed by atoms with Crippen LogP contribution in [0.1, 0.15) is 42.5 Å². The second kappa shape index (κ2) is 11.6. The van der Waals surface area contributed by atoms with Gasteiger partial charge in [-0.25, -0.2) is 14.8 Å². The van der Waals surface area contributed by atoms with E-state index in [1.807, 2.05) is 24.3 Å². The number of hydrogen-bond donors (Lipinski definition) is 2. The molecule has 2 aromatic heterocycles. The van der Waals surface area contributed by atoms with E-state index in [9.17, 15) is 14.0 Å². The molecule has 0 bridgehead atoms. The lowest BCUT2D eigenvalue weighted by atomic mass is 9.82. The molecule has 1 atom stereocenters. The van der Waals surface area contributed by atoms with Crippen LogP contribution >= 0.6 is 0 Å². The topological polar surface area (TPSA) is 102 Å². The van der Waals surface area contributed by atoms with Crippen LogP contribution in [-0.2, 0) is 9.47 Å². The minimum Gasteiger partial charge on any atom is -0.444 e. The van der Waals surface area contributed by atoms with Gasteiger partial charge in [0.1, 0.15) is 6.10 Å². The highest BCUT2D eigenvalue weighted by atomic mass is 19.1. The molecule has 1 aliphatic carbocycles. The third-order valence-corrected chi connectivity index (χ3v) is 7.20. The van der Waals surface area contributed by atoms with Gasteiger partial charge >= 0.3 is 6.09 Å². The fourth-order valence-corrected chi connectivity index (χ4v) is 5.04. The number of hydrogen-bond acceptors (Lipinski definition) is 6. The smallest absolute Gasteiger partial charge is 0.407 e. The standard InChI is InChI=1S/C28H31FN4O4/c29-26-10-9-20(16-30-26)25-13-23(22-3-1-2-4-24(22)33-25)27(34)31-14-18-5-7-19(8-6-18)15-32-28(35)37-21-11-12-36-17-21/h1-4,9-10,13,16,18-19,21H,5-8,11-12,14-15,17H2,(H,31,34)(H,32,35). The monoisotopic (exact) mass is 506 g/mol. The number of alkyl carbamates (subject to hydrolysis) is 1. The van der Waals surface area contributed by atoms with E-state index >= 15 is 0 Å². The number of pyridine rings is 2. The highest BCUT2D eigenvalue weighted by molar-refractivity contribution is 6.07. The van der Waals surface area contributed by atoms with Crippen molar-refractivity contribution in [1.82, 2.24) is 20.6 Å². The Hall–Kier alpha value is -3.59. The molecule has 0 radical (unpaired) electrons. The second-order valence-corrected chi connectivity index (χ2v) is 9.81. The van der Waals surface area contributed by atoms with Gasteiger partial charge in [-0.15, -0.1) is 0 Å². The molecule has 2 fully saturated rings.